The second-order valence-corrected chi connectivity index (χ2v) is 13.4. The van der Waals surface area contributed by atoms with Gasteiger partial charge in [0.25, 0.3) is 0 Å². The number of anilines is 3. The average Bonchev–Trinajstić information content (AvgIpc) is 3.47. The summed E-state index contributed by atoms with van der Waals surface area (Å²) in [7, 11) is 0. The van der Waals surface area contributed by atoms with Crippen molar-refractivity contribution in [2.45, 2.75) is 90.1 Å². The summed E-state index contributed by atoms with van der Waals surface area (Å²) in [6.07, 6.45) is 6.68. The van der Waals surface area contributed by atoms with E-state index in [1.54, 1.807) is 12.1 Å². The summed E-state index contributed by atoms with van der Waals surface area (Å²) in [5.74, 6) is 0.621. The number of phenols is 1. The maximum atomic E-state index is 13.7. The third-order valence-corrected chi connectivity index (χ3v) is 9.39. The van der Waals surface area contributed by atoms with Crippen molar-refractivity contribution in [3.8, 4) is 5.75 Å². The molecule has 4 nitrogen and oxygen atoms in total. The summed E-state index contributed by atoms with van der Waals surface area (Å²) in [5.41, 5.74) is 4.74. The number of carbonyl (C=O) groups is 1. The Kier molecular flexibility index (Phi) is 9.78. The van der Waals surface area contributed by atoms with Gasteiger partial charge < -0.3 is 14.7 Å². The van der Waals surface area contributed by atoms with Gasteiger partial charge in [-0.3, -0.25) is 4.79 Å². The van der Waals surface area contributed by atoms with Gasteiger partial charge in [0, 0.05) is 17.1 Å². The largest absolute Gasteiger partial charge is 0.508 e. The van der Waals surface area contributed by atoms with Gasteiger partial charge in [-0.25, -0.2) is 0 Å². The number of hydrogen-bond donors (Lipinski definition) is 1. The Morgan fingerprint density at radius 3 is 1.77 bits per heavy atom. The zero-order valence-corrected chi connectivity index (χ0v) is 26.7. The highest BCUT2D eigenvalue weighted by Crippen LogP contribution is 2.43. The number of esters is 1. The van der Waals surface area contributed by atoms with Crippen molar-refractivity contribution in [3.63, 3.8) is 0 Å². The van der Waals surface area contributed by atoms with Crippen LogP contribution in [0.4, 0.5) is 17.1 Å². The lowest BCUT2D eigenvalue weighted by Crippen LogP contribution is -2.37. The maximum absolute atomic E-state index is 13.7. The van der Waals surface area contributed by atoms with E-state index in [-0.39, 0.29) is 23.2 Å². The summed E-state index contributed by atoms with van der Waals surface area (Å²) in [4.78, 5) is 15.9. The Hall–Kier alpha value is -4.05. The standard InChI is InChI=1S/C40H47NO3/c1-5-30(31-20-24-37(42)25-21-31)28-33(29-39(2,3)38(43)44-40(4)26-12-13-27-40)32-18-22-36(23-19-32)41(34-14-8-6-9-15-34)35-16-10-7-11-17-35/h6-11,14-25,30,33,42H,5,12-13,26-29H2,1-4H3. The summed E-state index contributed by atoms with van der Waals surface area (Å²) in [6.45, 7) is 8.40. The lowest BCUT2D eigenvalue weighted by atomic mass is 9.74. The van der Waals surface area contributed by atoms with Crippen LogP contribution in [0.5, 0.6) is 5.75 Å². The van der Waals surface area contributed by atoms with Crippen LogP contribution in [-0.4, -0.2) is 16.7 Å². The second kappa shape index (κ2) is 13.7. The minimum Gasteiger partial charge on any atom is -0.508 e. The second-order valence-electron chi connectivity index (χ2n) is 13.4. The molecule has 230 valence electrons. The third kappa shape index (κ3) is 7.53. The molecule has 44 heavy (non-hydrogen) atoms. The number of phenolic OH excluding ortho intramolecular Hbond substituents is 1. The fraction of sp³-hybridized carbons (Fsp3) is 0.375. The first-order chi connectivity index (χ1) is 21.2. The first kappa shape index (κ1) is 31.4. The van der Waals surface area contributed by atoms with Crippen LogP contribution in [0.2, 0.25) is 0 Å². The highest BCUT2D eigenvalue weighted by Gasteiger charge is 2.40. The van der Waals surface area contributed by atoms with Gasteiger partial charge in [-0.1, -0.05) is 67.6 Å². The zero-order valence-electron chi connectivity index (χ0n) is 26.7. The quantitative estimate of drug-likeness (QED) is 0.167. The lowest BCUT2D eigenvalue weighted by molar-refractivity contribution is -0.169. The van der Waals surface area contributed by atoms with Crippen molar-refractivity contribution >= 4 is 23.0 Å². The molecule has 0 saturated heterocycles. The normalized spacial score (nSPS) is 15.8. The lowest BCUT2D eigenvalue weighted by Gasteiger charge is -2.34. The summed E-state index contributed by atoms with van der Waals surface area (Å²) in [5, 5.41) is 9.90. The predicted molar refractivity (Wildman–Crippen MR) is 181 cm³/mol. The van der Waals surface area contributed by atoms with Crippen molar-refractivity contribution in [1.29, 1.82) is 0 Å². The molecule has 4 aromatic rings. The number of rotatable bonds is 12. The van der Waals surface area contributed by atoms with Crippen molar-refractivity contribution in [2.75, 3.05) is 4.90 Å². The van der Waals surface area contributed by atoms with Crippen molar-refractivity contribution < 1.29 is 14.6 Å². The minimum absolute atomic E-state index is 0.0967. The average molecular weight is 590 g/mol. The molecule has 0 spiro atoms. The first-order valence-electron chi connectivity index (χ1n) is 16.2. The van der Waals surface area contributed by atoms with Crippen LogP contribution in [0.15, 0.2) is 109 Å². The van der Waals surface area contributed by atoms with E-state index >= 15 is 0 Å². The zero-order chi connectivity index (χ0) is 31.2. The molecule has 0 radical (unpaired) electrons. The van der Waals surface area contributed by atoms with Gasteiger partial charge in [-0.2, -0.15) is 0 Å². The van der Waals surface area contributed by atoms with E-state index < -0.39 is 5.41 Å². The van der Waals surface area contributed by atoms with Crippen LogP contribution in [-0.2, 0) is 9.53 Å². The molecule has 0 aromatic heterocycles. The monoisotopic (exact) mass is 589 g/mol. The highest BCUT2D eigenvalue weighted by atomic mass is 16.6. The van der Waals surface area contributed by atoms with Crippen molar-refractivity contribution in [3.05, 3.63) is 120 Å². The Balaban J connectivity index is 1.46. The van der Waals surface area contributed by atoms with Gasteiger partial charge in [-0.05, 0) is 137 Å². The van der Waals surface area contributed by atoms with E-state index in [4.69, 9.17) is 4.74 Å². The van der Waals surface area contributed by atoms with Gasteiger partial charge in [0.2, 0.25) is 0 Å². The van der Waals surface area contributed by atoms with Crippen molar-refractivity contribution in [2.24, 2.45) is 5.41 Å². The molecule has 1 N–H and O–H groups in total. The van der Waals surface area contributed by atoms with Crippen LogP contribution < -0.4 is 4.90 Å². The number of para-hydroxylation sites is 2. The number of ether oxygens (including phenoxy) is 1. The smallest absolute Gasteiger partial charge is 0.312 e. The molecule has 1 saturated carbocycles. The molecule has 2 atom stereocenters. The molecule has 1 fully saturated rings. The van der Waals surface area contributed by atoms with Crippen molar-refractivity contribution in [1.82, 2.24) is 0 Å². The molecule has 5 rings (SSSR count). The molecule has 0 heterocycles. The van der Waals surface area contributed by atoms with Crippen LogP contribution in [0, 0.1) is 5.41 Å². The van der Waals surface area contributed by atoms with Crippen LogP contribution in [0.3, 0.4) is 0 Å². The fourth-order valence-electron chi connectivity index (χ4n) is 6.75. The molecule has 1 aliphatic rings. The van der Waals surface area contributed by atoms with E-state index in [1.165, 1.54) is 11.1 Å². The van der Waals surface area contributed by atoms with Crippen LogP contribution in [0.1, 0.15) is 95.6 Å². The Morgan fingerprint density at radius 1 is 0.773 bits per heavy atom. The molecule has 0 amide bonds. The summed E-state index contributed by atoms with van der Waals surface area (Å²) < 4.78 is 6.20. The predicted octanol–water partition coefficient (Wildman–Crippen LogP) is 10.8. The third-order valence-electron chi connectivity index (χ3n) is 9.39. The topological polar surface area (TPSA) is 49.8 Å². The number of aromatic hydroxyl groups is 1. The fourth-order valence-corrected chi connectivity index (χ4v) is 6.75. The Labute approximate surface area is 263 Å². The van der Waals surface area contributed by atoms with Crippen LogP contribution in [0.25, 0.3) is 0 Å². The van der Waals surface area contributed by atoms with Gasteiger partial charge in [0.15, 0.2) is 0 Å². The number of nitrogens with zero attached hydrogens (tertiary/aromatic N) is 1. The molecule has 4 heteroatoms. The first-order valence-corrected chi connectivity index (χ1v) is 16.2. The van der Waals surface area contributed by atoms with E-state index in [0.717, 1.165) is 55.6 Å². The molecule has 0 bridgehead atoms. The van der Waals surface area contributed by atoms with E-state index in [1.807, 2.05) is 38.1 Å². The number of carbonyl (C=O) groups excluding carboxylic acids is 1. The number of benzene rings is 4. The molecule has 2 unspecified atom stereocenters. The highest BCUT2D eigenvalue weighted by molar-refractivity contribution is 5.77. The molecular weight excluding hydrogens is 542 g/mol. The SMILES string of the molecule is CCC(CC(CC(C)(C)C(=O)OC1(C)CCCC1)c1ccc(N(c2ccccc2)c2ccccc2)cc1)c1ccc(O)cc1. The summed E-state index contributed by atoms with van der Waals surface area (Å²) >= 11 is 0. The van der Waals surface area contributed by atoms with E-state index in [9.17, 15) is 9.90 Å². The van der Waals surface area contributed by atoms with Gasteiger partial charge in [0.1, 0.15) is 11.4 Å². The molecule has 4 aromatic carbocycles. The Bertz CT molecular complexity index is 1430. The van der Waals surface area contributed by atoms with Crippen LogP contribution >= 0.6 is 0 Å². The summed E-state index contributed by atoms with van der Waals surface area (Å²) in [6, 6.07) is 37.4. The van der Waals surface area contributed by atoms with Gasteiger partial charge >= 0.3 is 5.97 Å². The minimum atomic E-state index is -0.637. The molecular formula is C40H47NO3. The molecule has 0 aliphatic heterocycles. The van der Waals surface area contributed by atoms with E-state index in [0.29, 0.717) is 12.3 Å². The molecule has 1 aliphatic carbocycles. The van der Waals surface area contributed by atoms with E-state index in [2.05, 4.69) is 91.5 Å². The van der Waals surface area contributed by atoms with Gasteiger partial charge in [0.05, 0.1) is 5.41 Å². The van der Waals surface area contributed by atoms with Gasteiger partial charge in [-0.15, -0.1) is 0 Å². The Morgan fingerprint density at radius 2 is 1.25 bits per heavy atom. The maximum Gasteiger partial charge on any atom is 0.312 e. The number of hydrogen-bond acceptors (Lipinski definition) is 4.